The molecule has 1 aromatic heterocycles. The minimum atomic E-state index is -1.54. The van der Waals surface area contributed by atoms with Gasteiger partial charge in [-0.1, -0.05) is 0 Å². The van der Waals surface area contributed by atoms with E-state index in [1.165, 1.54) is 6.07 Å². The average Bonchev–Trinajstić information content (AvgIpc) is 2.91. The van der Waals surface area contributed by atoms with Crippen molar-refractivity contribution in [3.05, 3.63) is 28.0 Å². The lowest BCUT2D eigenvalue weighted by Crippen LogP contribution is -2.57. The van der Waals surface area contributed by atoms with Crippen molar-refractivity contribution in [3.63, 3.8) is 0 Å². The molecule has 2 heterocycles. The summed E-state index contributed by atoms with van der Waals surface area (Å²) in [4.78, 5) is 13.5. The number of furan rings is 1. The van der Waals surface area contributed by atoms with Crippen LogP contribution < -0.4 is 0 Å². The zero-order valence-corrected chi connectivity index (χ0v) is 10.6. The first-order valence-corrected chi connectivity index (χ1v) is 6.02. The molecule has 21 heavy (non-hydrogen) atoms. The van der Waals surface area contributed by atoms with E-state index in [1.807, 2.05) is 0 Å². The lowest BCUT2D eigenvalue weighted by Gasteiger charge is -2.38. The van der Waals surface area contributed by atoms with Crippen molar-refractivity contribution in [2.24, 2.45) is 4.99 Å². The van der Waals surface area contributed by atoms with Gasteiger partial charge in [-0.3, -0.25) is 15.1 Å². The predicted molar refractivity (Wildman–Crippen MR) is 66.7 cm³/mol. The smallest absolute Gasteiger partial charge is 0.400 e. The summed E-state index contributed by atoms with van der Waals surface area (Å²) in [5.41, 5.74) is 0. The fourth-order valence-electron chi connectivity index (χ4n) is 1.91. The molecule has 10 nitrogen and oxygen atoms in total. The first kappa shape index (κ1) is 15.5. The summed E-state index contributed by atoms with van der Waals surface area (Å²) < 4.78 is 9.73. The number of nitro groups is 1. The molecule has 0 aliphatic carbocycles. The Kier molecular flexibility index (Phi) is 4.65. The summed E-state index contributed by atoms with van der Waals surface area (Å²) in [5.74, 6) is -0.433. The second-order valence-electron chi connectivity index (χ2n) is 4.43. The van der Waals surface area contributed by atoms with Crippen molar-refractivity contribution in [1.82, 2.24) is 0 Å². The molecule has 4 N–H and O–H groups in total. The van der Waals surface area contributed by atoms with Crippen LogP contribution in [0.3, 0.4) is 0 Å². The maximum absolute atomic E-state index is 10.4. The Hall–Kier alpha value is -1.85. The molecule has 1 saturated heterocycles. The number of aliphatic imine (C=N–C) groups is 1. The van der Waals surface area contributed by atoms with Crippen LogP contribution in [0.4, 0.5) is 5.88 Å². The first-order chi connectivity index (χ1) is 9.93. The van der Waals surface area contributed by atoms with Gasteiger partial charge in [0.2, 0.25) is 0 Å². The van der Waals surface area contributed by atoms with Crippen LogP contribution in [0, 0.1) is 10.1 Å². The van der Waals surface area contributed by atoms with E-state index in [1.54, 1.807) is 0 Å². The van der Waals surface area contributed by atoms with Crippen molar-refractivity contribution in [2.45, 2.75) is 30.6 Å². The Morgan fingerprint density at radius 2 is 2.05 bits per heavy atom. The van der Waals surface area contributed by atoms with Gasteiger partial charge in [-0.2, -0.15) is 0 Å². The molecular formula is C11H14N2O8. The Labute approximate surface area is 118 Å². The molecule has 2 rings (SSSR count). The number of rotatable bonds is 4. The van der Waals surface area contributed by atoms with Crippen molar-refractivity contribution in [3.8, 4) is 0 Å². The van der Waals surface area contributed by atoms with Crippen LogP contribution in [0.25, 0.3) is 0 Å². The molecule has 1 fully saturated rings. The van der Waals surface area contributed by atoms with Crippen LogP contribution >= 0.6 is 0 Å². The highest BCUT2D eigenvalue weighted by molar-refractivity contribution is 5.76. The third-order valence-electron chi connectivity index (χ3n) is 3.03. The van der Waals surface area contributed by atoms with Gasteiger partial charge >= 0.3 is 5.88 Å². The molecule has 0 amide bonds. The highest BCUT2D eigenvalue weighted by Crippen LogP contribution is 2.22. The van der Waals surface area contributed by atoms with E-state index >= 15 is 0 Å². The lowest BCUT2D eigenvalue weighted by atomic mass is 9.97. The monoisotopic (exact) mass is 302 g/mol. The van der Waals surface area contributed by atoms with E-state index in [4.69, 9.17) is 14.3 Å². The van der Waals surface area contributed by atoms with Gasteiger partial charge in [-0.05, 0) is 6.07 Å². The Bertz CT molecular complexity index is 530. The van der Waals surface area contributed by atoms with Crippen LogP contribution in [-0.4, -0.2) is 68.8 Å². The minimum Gasteiger partial charge on any atom is -0.400 e. The van der Waals surface area contributed by atoms with E-state index in [0.29, 0.717) is 0 Å². The lowest BCUT2D eigenvalue weighted by molar-refractivity contribution is -0.402. The number of aliphatic hydroxyl groups is 4. The fourth-order valence-corrected chi connectivity index (χ4v) is 1.91. The molecule has 0 radical (unpaired) electrons. The highest BCUT2D eigenvalue weighted by atomic mass is 16.6. The average molecular weight is 302 g/mol. The SMILES string of the molecule is O=[N+]([O-])c1ccc(C=N[C@@H]2[C@@H](O)[C@@H](O)[C@@H](CO)O[C@H]2O)o1. The molecule has 0 unspecified atom stereocenters. The molecule has 0 saturated carbocycles. The Balaban J connectivity index is 2.10. The van der Waals surface area contributed by atoms with E-state index in [2.05, 4.69) is 4.99 Å². The predicted octanol–water partition coefficient (Wildman–Crippen LogP) is -1.59. The van der Waals surface area contributed by atoms with Gasteiger partial charge in [0.25, 0.3) is 0 Å². The van der Waals surface area contributed by atoms with Gasteiger partial charge in [0.05, 0.1) is 18.9 Å². The summed E-state index contributed by atoms with van der Waals surface area (Å²) in [6.45, 7) is -0.573. The number of hydrogen-bond acceptors (Lipinski definition) is 9. The minimum absolute atomic E-state index is 0.0415. The van der Waals surface area contributed by atoms with Gasteiger partial charge in [0.1, 0.15) is 29.3 Å². The molecule has 116 valence electrons. The van der Waals surface area contributed by atoms with Crippen molar-refractivity contribution < 1.29 is 34.5 Å². The molecular weight excluding hydrogens is 288 g/mol. The summed E-state index contributed by atoms with van der Waals surface area (Å²) in [6, 6.07) is 1.20. The number of ether oxygens (including phenoxy) is 1. The van der Waals surface area contributed by atoms with Gasteiger partial charge < -0.3 is 29.6 Å². The third-order valence-corrected chi connectivity index (χ3v) is 3.03. The summed E-state index contributed by atoms with van der Waals surface area (Å²) in [5, 5.41) is 48.5. The summed E-state index contributed by atoms with van der Waals surface area (Å²) in [6.07, 6.45) is -4.48. The van der Waals surface area contributed by atoms with Gasteiger partial charge in [-0.15, -0.1) is 0 Å². The number of hydrogen-bond donors (Lipinski definition) is 4. The van der Waals surface area contributed by atoms with Gasteiger partial charge in [0.15, 0.2) is 12.1 Å². The standard InChI is InChI=1S/C11H14N2O8/c14-4-6-9(15)10(16)8(11(17)21-6)12-3-5-1-2-7(20-5)13(18)19/h1-3,6,8-11,14-17H,4H2/t6-,8-,9+,10-,11-/m1/s1. The number of nitrogens with zero attached hydrogens (tertiary/aromatic N) is 2. The maximum Gasteiger partial charge on any atom is 0.433 e. The summed E-state index contributed by atoms with van der Waals surface area (Å²) >= 11 is 0. The van der Waals surface area contributed by atoms with Gasteiger partial charge in [-0.25, -0.2) is 0 Å². The van der Waals surface area contributed by atoms with Crippen LogP contribution in [0.2, 0.25) is 0 Å². The maximum atomic E-state index is 10.4. The van der Waals surface area contributed by atoms with Crippen molar-refractivity contribution >= 4 is 12.1 Å². The van der Waals surface area contributed by atoms with E-state index in [9.17, 15) is 25.4 Å². The highest BCUT2D eigenvalue weighted by Gasteiger charge is 2.43. The molecule has 1 aromatic rings. The van der Waals surface area contributed by atoms with Crippen molar-refractivity contribution in [1.29, 1.82) is 0 Å². The molecule has 10 heteroatoms. The van der Waals surface area contributed by atoms with Crippen LogP contribution in [0.15, 0.2) is 21.5 Å². The van der Waals surface area contributed by atoms with E-state index in [0.717, 1.165) is 12.3 Å². The topological polar surface area (TPSA) is 159 Å². The molecule has 1 aliphatic heterocycles. The zero-order valence-electron chi connectivity index (χ0n) is 10.6. The second-order valence-corrected chi connectivity index (χ2v) is 4.43. The number of aliphatic hydroxyl groups excluding tert-OH is 4. The van der Waals surface area contributed by atoms with Crippen LogP contribution in [0.1, 0.15) is 5.76 Å². The molecule has 0 spiro atoms. The largest absolute Gasteiger partial charge is 0.433 e. The normalized spacial score (nSPS) is 33.4. The molecule has 5 atom stereocenters. The van der Waals surface area contributed by atoms with Crippen LogP contribution in [-0.2, 0) is 4.74 Å². The van der Waals surface area contributed by atoms with E-state index < -0.39 is 48.1 Å². The fraction of sp³-hybridized carbons (Fsp3) is 0.545. The van der Waals surface area contributed by atoms with E-state index in [-0.39, 0.29) is 5.76 Å². The Morgan fingerprint density at radius 3 is 2.62 bits per heavy atom. The quantitative estimate of drug-likeness (QED) is 0.294. The van der Waals surface area contributed by atoms with Gasteiger partial charge in [0, 0.05) is 0 Å². The summed E-state index contributed by atoms with van der Waals surface area (Å²) in [7, 11) is 0. The molecule has 0 aromatic carbocycles. The van der Waals surface area contributed by atoms with Crippen molar-refractivity contribution in [2.75, 3.05) is 6.61 Å². The van der Waals surface area contributed by atoms with Crippen LogP contribution in [0.5, 0.6) is 0 Å². The second kappa shape index (κ2) is 6.28. The third kappa shape index (κ3) is 3.25. The Morgan fingerprint density at radius 1 is 1.33 bits per heavy atom. The molecule has 1 aliphatic rings. The molecule has 0 bridgehead atoms. The zero-order chi connectivity index (χ0) is 15.6. The first-order valence-electron chi connectivity index (χ1n) is 6.02.